The average molecular weight is 479 g/mol. The van der Waals surface area contributed by atoms with Gasteiger partial charge in [0.25, 0.3) is 0 Å². The smallest absolute Gasteiger partial charge is 0.243 e. The van der Waals surface area contributed by atoms with Crippen molar-refractivity contribution in [1.82, 2.24) is 19.4 Å². The summed E-state index contributed by atoms with van der Waals surface area (Å²) in [6.45, 7) is 12.0. The van der Waals surface area contributed by atoms with E-state index in [0.29, 0.717) is 36.5 Å². The van der Waals surface area contributed by atoms with Gasteiger partial charge < -0.3 is 15.1 Å². The lowest BCUT2D eigenvalue weighted by Gasteiger charge is -2.34. The Morgan fingerprint density at radius 1 is 1.06 bits per heavy atom. The first-order chi connectivity index (χ1) is 15.6. The molecular formula is C24H38N4O4S. The van der Waals surface area contributed by atoms with Gasteiger partial charge >= 0.3 is 0 Å². The Morgan fingerprint density at radius 3 is 2.39 bits per heavy atom. The predicted octanol–water partition coefficient (Wildman–Crippen LogP) is 1.76. The number of likely N-dealkylation sites (tertiary alicyclic amines) is 1. The predicted molar refractivity (Wildman–Crippen MR) is 128 cm³/mol. The Kier molecular flexibility index (Phi) is 8.53. The van der Waals surface area contributed by atoms with Crippen LogP contribution in [-0.4, -0.2) is 86.2 Å². The highest BCUT2D eigenvalue weighted by atomic mass is 32.2. The van der Waals surface area contributed by atoms with Crippen molar-refractivity contribution in [2.75, 3.05) is 45.8 Å². The van der Waals surface area contributed by atoms with Crippen molar-refractivity contribution < 1.29 is 18.0 Å². The summed E-state index contributed by atoms with van der Waals surface area (Å²) in [4.78, 5) is 29.2. The highest BCUT2D eigenvalue weighted by Crippen LogP contribution is 2.23. The number of aryl methyl sites for hydroxylation is 2. The number of carbonyl (C=O) groups excluding carboxylic acids is 2. The largest absolute Gasteiger partial charge is 0.356 e. The van der Waals surface area contributed by atoms with E-state index in [0.717, 1.165) is 30.6 Å². The number of benzene rings is 1. The zero-order valence-corrected chi connectivity index (χ0v) is 21.2. The van der Waals surface area contributed by atoms with Crippen LogP contribution in [0.1, 0.15) is 44.2 Å². The maximum Gasteiger partial charge on any atom is 0.243 e. The van der Waals surface area contributed by atoms with E-state index in [-0.39, 0.29) is 37.7 Å². The van der Waals surface area contributed by atoms with Gasteiger partial charge in [0.1, 0.15) is 0 Å². The molecule has 33 heavy (non-hydrogen) atoms. The third-order valence-electron chi connectivity index (χ3n) is 6.75. The summed E-state index contributed by atoms with van der Waals surface area (Å²) in [5.41, 5.74) is 1.62. The fraction of sp³-hybridized carbons (Fsp3) is 0.667. The van der Waals surface area contributed by atoms with E-state index >= 15 is 0 Å². The number of carbonyl (C=O) groups is 2. The van der Waals surface area contributed by atoms with Gasteiger partial charge in [0.2, 0.25) is 21.8 Å². The zero-order valence-electron chi connectivity index (χ0n) is 20.3. The third kappa shape index (κ3) is 6.55. The Bertz CT molecular complexity index is 955. The molecule has 9 heteroatoms. The van der Waals surface area contributed by atoms with Gasteiger partial charge in [-0.15, -0.1) is 0 Å². The maximum absolute atomic E-state index is 13.1. The van der Waals surface area contributed by atoms with Gasteiger partial charge in [0.15, 0.2) is 0 Å². The highest BCUT2D eigenvalue weighted by Gasteiger charge is 2.31. The summed E-state index contributed by atoms with van der Waals surface area (Å²) < 4.78 is 27.6. The molecule has 0 aromatic heterocycles. The van der Waals surface area contributed by atoms with Gasteiger partial charge in [0.05, 0.1) is 4.90 Å². The van der Waals surface area contributed by atoms with Crippen molar-refractivity contribution in [3.63, 3.8) is 0 Å². The van der Waals surface area contributed by atoms with E-state index in [9.17, 15) is 18.0 Å². The van der Waals surface area contributed by atoms with Crippen LogP contribution in [0.2, 0.25) is 0 Å². The topological polar surface area (TPSA) is 90.0 Å². The molecule has 0 bridgehead atoms. The summed E-state index contributed by atoms with van der Waals surface area (Å²) in [6.07, 6.45) is 1.41. The van der Waals surface area contributed by atoms with E-state index in [1.165, 1.54) is 4.31 Å². The van der Waals surface area contributed by atoms with Gasteiger partial charge in [-0.2, -0.15) is 4.31 Å². The van der Waals surface area contributed by atoms with Gasteiger partial charge in [-0.05, 0) is 63.8 Å². The highest BCUT2D eigenvalue weighted by molar-refractivity contribution is 7.89. The molecule has 2 fully saturated rings. The Labute approximate surface area is 198 Å². The van der Waals surface area contributed by atoms with Gasteiger partial charge in [-0.25, -0.2) is 8.42 Å². The molecule has 2 aliphatic heterocycles. The zero-order chi connectivity index (χ0) is 24.2. The fourth-order valence-electron chi connectivity index (χ4n) is 4.53. The van der Waals surface area contributed by atoms with Crippen molar-refractivity contribution in [1.29, 1.82) is 0 Å². The summed E-state index contributed by atoms with van der Waals surface area (Å²) in [5, 5.41) is 2.97. The van der Waals surface area contributed by atoms with Crippen LogP contribution in [0, 0.1) is 19.8 Å². The van der Waals surface area contributed by atoms with E-state index in [1.54, 1.807) is 17.9 Å². The molecule has 3 rings (SSSR count). The average Bonchev–Trinajstić information content (AvgIpc) is 3.27. The Balaban J connectivity index is 1.41. The fourth-order valence-corrected chi connectivity index (χ4v) is 6.26. The van der Waals surface area contributed by atoms with Crippen LogP contribution < -0.4 is 5.32 Å². The molecular weight excluding hydrogens is 440 g/mol. The number of rotatable bonds is 8. The van der Waals surface area contributed by atoms with E-state index in [4.69, 9.17) is 0 Å². The lowest BCUT2D eigenvalue weighted by atomic mass is 10.1. The van der Waals surface area contributed by atoms with Gasteiger partial charge in [0, 0.05) is 58.2 Å². The molecule has 1 aromatic rings. The number of piperazine rings is 1. The molecule has 2 aliphatic rings. The minimum atomic E-state index is -3.59. The molecule has 2 saturated heterocycles. The summed E-state index contributed by atoms with van der Waals surface area (Å²) in [6, 6.07) is 5.95. The molecule has 8 nitrogen and oxygen atoms in total. The van der Waals surface area contributed by atoms with Crippen LogP contribution in [0.4, 0.5) is 0 Å². The number of amides is 2. The number of nitrogens with one attached hydrogen (secondary N) is 1. The number of hydrogen-bond acceptors (Lipinski definition) is 5. The minimum Gasteiger partial charge on any atom is -0.356 e. The number of sulfonamides is 1. The van der Waals surface area contributed by atoms with Crippen molar-refractivity contribution in [3.8, 4) is 0 Å². The summed E-state index contributed by atoms with van der Waals surface area (Å²) in [5.74, 6) is 0.280. The van der Waals surface area contributed by atoms with Gasteiger partial charge in [-0.3, -0.25) is 9.59 Å². The van der Waals surface area contributed by atoms with Crippen LogP contribution in [0.3, 0.4) is 0 Å². The lowest BCUT2D eigenvalue weighted by Crippen LogP contribution is -2.50. The van der Waals surface area contributed by atoms with Crippen LogP contribution in [0.15, 0.2) is 23.1 Å². The molecule has 0 spiro atoms. The second-order valence-electron chi connectivity index (χ2n) is 9.60. The second kappa shape index (κ2) is 11.0. The quantitative estimate of drug-likeness (QED) is 0.615. The van der Waals surface area contributed by atoms with Crippen LogP contribution in [-0.2, 0) is 19.6 Å². The van der Waals surface area contributed by atoms with Crippen molar-refractivity contribution in [2.45, 2.75) is 57.9 Å². The monoisotopic (exact) mass is 478 g/mol. The molecule has 0 saturated carbocycles. The van der Waals surface area contributed by atoms with Crippen molar-refractivity contribution in [3.05, 3.63) is 29.3 Å². The number of nitrogens with zero attached hydrogens (tertiary/aromatic N) is 3. The Hall–Kier alpha value is -1.97. The SMILES string of the molecule is Cc1ccc(C)c(S(=O)(=O)N2CCN(C(=O)CCC(=O)NCC3CCN(C(C)C)C3)CC2)c1. The summed E-state index contributed by atoms with van der Waals surface area (Å²) in [7, 11) is -3.59. The third-order valence-corrected chi connectivity index (χ3v) is 8.79. The van der Waals surface area contributed by atoms with E-state index in [1.807, 2.05) is 19.1 Å². The second-order valence-corrected chi connectivity index (χ2v) is 11.5. The molecule has 2 heterocycles. The van der Waals surface area contributed by atoms with E-state index in [2.05, 4.69) is 24.1 Å². The molecule has 1 N–H and O–H groups in total. The first-order valence-electron chi connectivity index (χ1n) is 11.9. The first kappa shape index (κ1) is 25.6. The van der Waals surface area contributed by atoms with Crippen LogP contribution in [0.5, 0.6) is 0 Å². The molecule has 0 aliphatic carbocycles. The van der Waals surface area contributed by atoms with E-state index < -0.39 is 10.0 Å². The van der Waals surface area contributed by atoms with Crippen molar-refractivity contribution >= 4 is 21.8 Å². The molecule has 0 radical (unpaired) electrons. The standard InChI is InChI=1S/C24H38N4O4S/c1-18(2)27-10-9-21(17-27)16-25-23(29)7-8-24(30)26-11-13-28(14-12-26)33(31,32)22-15-19(3)5-6-20(22)4/h5-6,15,18,21H,7-14,16-17H2,1-4H3,(H,25,29). The van der Waals surface area contributed by atoms with Crippen LogP contribution >= 0.6 is 0 Å². The molecule has 184 valence electrons. The Morgan fingerprint density at radius 2 is 1.76 bits per heavy atom. The molecule has 1 aromatic carbocycles. The molecule has 1 unspecified atom stereocenters. The lowest BCUT2D eigenvalue weighted by molar-refractivity contribution is -0.134. The minimum absolute atomic E-state index is 0.0949. The summed E-state index contributed by atoms with van der Waals surface area (Å²) >= 11 is 0. The molecule has 1 atom stereocenters. The van der Waals surface area contributed by atoms with Crippen LogP contribution in [0.25, 0.3) is 0 Å². The van der Waals surface area contributed by atoms with Crippen molar-refractivity contribution in [2.24, 2.45) is 5.92 Å². The maximum atomic E-state index is 13.1. The first-order valence-corrected chi connectivity index (χ1v) is 13.4. The normalized spacial score (nSPS) is 20.4. The number of hydrogen-bond donors (Lipinski definition) is 1. The molecule has 2 amide bonds. The van der Waals surface area contributed by atoms with Gasteiger partial charge in [-0.1, -0.05) is 12.1 Å².